The Labute approximate surface area is 197 Å². The Hall–Kier alpha value is -4.17. The van der Waals surface area contributed by atoms with E-state index in [-0.39, 0.29) is 16.3 Å². The van der Waals surface area contributed by atoms with E-state index in [1.807, 2.05) is 18.2 Å². The first-order valence-corrected chi connectivity index (χ1v) is 11.8. The average molecular weight is 477 g/mol. The number of nitrogens with one attached hydrogen (secondary N) is 1. The van der Waals surface area contributed by atoms with Gasteiger partial charge in [-0.25, -0.2) is 12.8 Å². The lowest BCUT2D eigenvalue weighted by Crippen LogP contribution is -2.38. The highest BCUT2D eigenvalue weighted by molar-refractivity contribution is 7.92. The van der Waals surface area contributed by atoms with E-state index < -0.39 is 28.3 Å². The molecule has 172 valence electrons. The Bertz CT molecular complexity index is 1360. The molecule has 0 saturated carbocycles. The van der Waals surface area contributed by atoms with Crippen molar-refractivity contribution in [1.82, 2.24) is 0 Å². The van der Waals surface area contributed by atoms with Gasteiger partial charge in [-0.1, -0.05) is 48.5 Å². The number of para-hydroxylation sites is 2. The van der Waals surface area contributed by atoms with Crippen LogP contribution < -0.4 is 14.4 Å². The zero-order valence-electron chi connectivity index (χ0n) is 18.0. The van der Waals surface area contributed by atoms with Gasteiger partial charge in [0.2, 0.25) is 5.91 Å². The summed E-state index contributed by atoms with van der Waals surface area (Å²) in [5, 5.41) is 2.43. The highest BCUT2D eigenvalue weighted by atomic mass is 32.2. The molecule has 8 heteroatoms. The molecule has 0 atom stereocenters. The zero-order chi connectivity index (χ0) is 24.0. The van der Waals surface area contributed by atoms with E-state index in [1.165, 1.54) is 30.3 Å². The van der Waals surface area contributed by atoms with Crippen LogP contribution in [0.4, 0.5) is 15.8 Å². The summed E-state index contributed by atoms with van der Waals surface area (Å²) in [7, 11) is -4.09. The van der Waals surface area contributed by atoms with Gasteiger partial charge in [-0.2, -0.15) is 0 Å². The quantitative estimate of drug-likeness (QED) is 0.367. The second-order valence-electron chi connectivity index (χ2n) is 7.26. The average Bonchev–Trinajstić information content (AvgIpc) is 2.86. The molecule has 0 spiro atoms. The summed E-state index contributed by atoms with van der Waals surface area (Å²) in [6, 6.07) is 28.9. The van der Waals surface area contributed by atoms with Gasteiger partial charge in [0.1, 0.15) is 23.9 Å². The number of carbonyl (C=O) groups is 1. The summed E-state index contributed by atoms with van der Waals surface area (Å²) in [4.78, 5) is 12.8. The number of rotatable bonds is 8. The molecule has 0 bridgehead atoms. The number of ether oxygens (including phenoxy) is 1. The molecule has 6 nitrogen and oxygen atoms in total. The van der Waals surface area contributed by atoms with Gasteiger partial charge in [0.15, 0.2) is 0 Å². The molecule has 0 radical (unpaired) electrons. The maximum absolute atomic E-state index is 14.0. The Morgan fingerprint density at radius 2 is 1.32 bits per heavy atom. The highest BCUT2D eigenvalue weighted by Crippen LogP contribution is 2.28. The van der Waals surface area contributed by atoms with Crippen molar-refractivity contribution in [2.24, 2.45) is 0 Å². The van der Waals surface area contributed by atoms with Crippen molar-refractivity contribution >= 4 is 27.3 Å². The number of hydrogen-bond acceptors (Lipinski definition) is 4. The summed E-state index contributed by atoms with van der Waals surface area (Å²) >= 11 is 0. The fourth-order valence-electron chi connectivity index (χ4n) is 3.22. The van der Waals surface area contributed by atoms with Crippen LogP contribution >= 0.6 is 0 Å². The molecule has 0 aliphatic rings. The number of anilines is 2. The van der Waals surface area contributed by atoms with Crippen LogP contribution in [-0.4, -0.2) is 20.9 Å². The van der Waals surface area contributed by atoms with Crippen LogP contribution in [0.1, 0.15) is 0 Å². The zero-order valence-corrected chi connectivity index (χ0v) is 18.8. The van der Waals surface area contributed by atoms with Crippen LogP contribution in [0.2, 0.25) is 0 Å². The summed E-state index contributed by atoms with van der Waals surface area (Å²) in [5.74, 6) is -0.166. The molecule has 4 aromatic rings. The van der Waals surface area contributed by atoms with Crippen LogP contribution in [0, 0.1) is 5.82 Å². The molecular weight excluding hydrogens is 455 g/mol. The smallest absolute Gasteiger partial charge is 0.264 e. The fraction of sp³-hybridized carbons (Fsp3) is 0.0385. The molecule has 1 amide bonds. The molecule has 0 heterocycles. The number of amides is 1. The molecule has 0 aliphatic heterocycles. The summed E-state index contributed by atoms with van der Waals surface area (Å²) in [6.07, 6.45) is 0. The first-order chi connectivity index (χ1) is 16.4. The standard InChI is InChI=1S/C26H21FN2O4S/c27-24-13-7-8-14-25(24)28-26(30)19-29(34(31,32)23-11-5-2-6-12-23)20-15-17-22(18-16-20)33-21-9-3-1-4-10-21/h1-18H,19H2,(H,28,30). The Morgan fingerprint density at radius 1 is 0.765 bits per heavy atom. The summed E-state index contributed by atoms with van der Waals surface area (Å²) in [6.45, 7) is -0.551. The van der Waals surface area contributed by atoms with Crippen molar-refractivity contribution in [3.05, 3.63) is 115 Å². The monoisotopic (exact) mass is 476 g/mol. The van der Waals surface area contributed by atoms with E-state index in [1.54, 1.807) is 60.7 Å². The molecular formula is C26H21FN2O4S. The Balaban J connectivity index is 1.62. The fourth-order valence-corrected chi connectivity index (χ4v) is 4.66. The predicted molar refractivity (Wildman–Crippen MR) is 129 cm³/mol. The van der Waals surface area contributed by atoms with Crippen LogP contribution in [-0.2, 0) is 14.8 Å². The lowest BCUT2D eigenvalue weighted by atomic mass is 10.3. The molecule has 0 aliphatic carbocycles. The number of carbonyl (C=O) groups excluding carboxylic acids is 1. The van der Waals surface area contributed by atoms with Crippen LogP contribution in [0.25, 0.3) is 0 Å². The first-order valence-electron chi connectivity index (χ1n) is 10.4. The molecule has 0 fully saturated rings. The summed E-state index contributed by atoms with van der Waals surface area (Å²) < 4.78 is 47.5. The van der Waals surface area contributed by atoms with Crippen molar-refractivity contribution in [3.8, 4) is 11.5 Å². The van der Waals surface area contributed by atoms with Crippen molar-refractivity contribution in [2.45, 2.75) is 4.90 Å². The minimum Gasteiger partial charge on any atom is -0.457 e. The molecule has 0 aromatic heterocycles. The van der Waals surface area contributed by atoms with E-state index in [0.29, 0.717) is 11.5 Å². The highest BCUT2D eigenvalue weighted by Gasteiger charge is 2.27. The number of benzene rings is 4. The largest absolute Gasteiger partial charge is 0.457 e. The Kier molecular flexibility index (Phi) is 6.89. The lowest BCUT2D eigenvalue weighted by Gasteiger charge is -2.24. The third-order valence-corrected chi connectivity index (χ3v) is 6.66. The van der Waals surface area contributed by atoms with Gasteiger partial charge < -0.3 is 10.1 Å². The van der Waals surface area contributed by atoms with Crippen molar-refractivity contribution in [2.75, 3.05) is 16.2 Å². The molecule has 4 rings (SSSR count). The van der Waals surface area contributed by atoms with Gasteiger partial charge in [-0.05, 0) is 60.7 Å². The van der Waals surface area contributed by atoms with E-state index in [2.05, 4.69) is 5.32 Å². The lowest BCUT2D eigenvalue weighted by molar-refractivity contribution is -0.114. The van der Waals surface area contributed by atoms with Crippen LogP contribution in [0.3, 0.4) is 0 Å². The number of nitrogens with zero attached hydrogens (tertiary/aromatic N) is 1. The van der Waals surface area contributed by atoms with Crippen molar-refractivity contribution in [3.63, 3.8) is 0 Å². The van der Waals surface area contributed by atoms with Gasteiger partial charge in [0.05, 0.1) is 16.3 Å². The second-order valence-corrected chi connectivity index (χ2v) is 9.12. The molecule has 34 heavy (non-hydrogen) atoms. The van der Waals surface area contributed by atoms with Crippen LogP contribution in [0.15, 0.2) is 114 Å². The van der Waals surface area contributed by atoms with E-state index in [4.69, 9.17) is 4.74 Å². The SMILES string of the molecule is O=C(CN(c1ccc(Oc2ccccc2)cc1)S(=O)(=O)c1ccccc1)Nc1ccccc1F. The maximum Gasteiger partial charge on any atom is 0.264 e. The molecule has 0 unspecified atom stereocenters. The van der Waals surface area contributed by atoms with E-state index in [9.17, 15) is 17.6 Å². The minimum absolute atomic E-state index is 0.0262. The minimum atomic E-state index is -4.09. The molecule has 1 N–H and O–H groups in total. The van der Waals surface area contributed by atoms with Gasteiger partial charge in [0.25, 0.3) is 10.0 Å². The number of hydrogen-bond donors (Lipinski definition) is 1. The maximum atomic E-state index is 14.0. The molecule has 0 saturated heterocycles. The number of halogens is 1. The number of sulfonamides is 1. The van der Waals surface area contributed by atoms with Gasteiger partial charge in [-0.15, -0.1) is 0 Å². The third-order valence-electron chi connectivity index (χ3n) is 4.87. The van der Waals surface area contributed by atoms with Gasteiger partial charge in [0, 0.05) is 0 Å². The van der Waals surface area contributed by atoms with E-state index in [0.717, 1.165) is 4.31 Å². The van der Waals surface area contributed by atoms with Gasteiger partial charge in [-0.3, -0.25) is 9.10 Å². The third kappa shape index (κ3) is 5.41. The van der Waals surface area contributed by atoms with Crippen molar-refractivity contribution < 1.29 is 22.3 Å². The van der Waals surface area contributed by atoms with Gasteiger partial charge >= 0.3 is 0 Å². The predicted octanol–water partition coefficient (Wildman–Crippen LogP) is 5.45. The molecule has 4 aromatic carbocycles. The first kappa shape index (κ1) is 23.0. The second kappa shape index (κ2) is 10.2. The topological polar surface area (TPSA) is 75.7 Å². The normalized spacial score (nSPS) is 11.0. The van der Waals surface area contributed by atoms with E-state index >= 15 is 0 Å². The summed E-state index contributed by atoms with van der Waals surface area (Å²) in [5.41, 5.74) is 0.226. The van der Waals surface area contributed by atoms with Crippen molar-refractivity contribution in [1.29, 1.82) is 0 Å². The van der Waals surface area contributed by atoms with Crippen LogP contribution in [0.5, 0.6) is 11.5 Å². The Morgan fingerprint density at radius 3 is 1.97 bits per heavy atom.